The van der Waals surface area contributed by atoms with Crippen molar-refractivity contribution in [3.63, 3.8) is 0 Å². The molecule has 0 saturated carbocycles. The topological polar surface area (TPSA) is 75.3 Å². The molecule has 2 amide bonds. The molecule has 0 bridgehead atoms. The second kappa shape index (κ2) is 8.93. The number of benzene rings is 3. The molecule has 0 aliphatic rings. The summed E-state index contributed by atoms with van der Waals surface area (Å²) >= 11 is 0. The molecule has 0 aromatic heterocycles. The van der Waals surface area contributed by atoms with Gasteiger partial charge in [0, 0.05) is 34.5 Å². The van der Waals surface area contributed by atoms with Gasteiger partial charge in [0.1, 0.15) is 5.82 Å². The fourth-order valence-electron chi connectivity index (χ4n) is 2.71. The van der Waals surface area contributed by atoms with E-state index in [1.165, 1.54) is 19.1 Å². The van der Waals surface area contributed by atoms with E-state index in [0.29, 0.717) is 27.9 Å². The summed E-state index contributed by atoms with van der Waals surface area (Å²) in [5, 5.41) is 5.37. The molecule has 3 aromatic carbocycles. The molecule has 0 atom stereocenters. The standard InChI is InChI=1S/C23H19FN2O3/c1-15(27)16-9-11-20(12-10-16)26-23(29)18-7-4-6-17(13-18)22(28)25-14-19-5-2-3-8-21(19)24/h2-13H,14H2,1H3,(H,25,28)(H,26,29). The minimum Gasteiger partial charge on any atom is -0.348 e. The van der Waals surface area contributed by atoms with Gasteiger partial charge < -0.3 is 10.6 Å². The molecule has 0 saturated heterocycles. The summed E-state index contributed by atoms with van der Waals surface area (Å²) in [5.41, 5.74) is 2.06. The molecule has 0 aliphatic carbocycles. The first-order valence-electron chi connectivity index (χ1n) is 8.98. The van der Waals surface area contributed by atoms with Crippen molar-refractivity contribution < 1.29 is 18.8 Å². The van der Waals surface area contributed by atoms with E-state index in [1.807, 2.05) is 0 Å². The smallest absolute Gasteiger partial charge is 0.255 e. The predicted molar refractivity (Wildman–Crippen MR) is 108 cm³/mol. The van der Waals surface area contributed by atoms with Gasteiger partial charge in [-0.2, -0.15) is 0 Å². The number of hydrogen-bond donors (Lipinski definition) is 2. The quantitative estimate of drug-likeness (QED) is 0.619. The van der Waals surface area contributed by atoms with Gasteiger partial charge in [-0.1, -0.05) is 24.3 Å². The zero-order valence-electron chi connectivity index (χ0n) is 15.7. The van der Waals surface area contributed by atoms with Crippen LogP contribution in [-0.4, -0.2) is 17.6 Å². The van der Waals surface area contributed by atoms with Crippen LogP contribution >= 0.6 is 0 Å². The lowest BCUT2D eigenvalue weighted by atomic mass is 10.1. The van der Waals surface area contributed by atoms with Gasteiger partial charge in [0.15, 0.2) is 5.78 Å². The van der Waals surface area contributed by atoms with Gasteiger partial charge in [0.05, 0.1) is 0 Å². The van der Waals surface area contributed by atoms with Gasteiger partial charge in [-0.3, -0.25) is 14.4 Å². The first-order chi connectivity index (χ1) is 13.9. The van der Waals surface area contributed by atoms with Crippen LogP contribution in [0, 0.1) is 5.82 Å². The Balaban J connectivity index is 1.66. The lowest BCUT2D eigenvalue weighted by molar-refractivity contribution is 0.0949. The van der Waals surface area contributed by atoms with Crippen LogP contribution in [0.2, 0.25) is 0 Å². The number of carbonyl (C=O) groups is 3. The average Bonchev–Trinajstić information content (AvgIpc) is 2.73. The Kier molecular flexibility index (Phi) is 6.14. The third-order valence-electron chi connectivity index (χ3n) is 4.33. The summed E-state index contributed by atoms with van der Waals surface area (Å²) in [4.78, 5) is 36.2. The van der Waals surface area contributed by atoms with Crippen LogP contribution in [0.1, 0.15) is 43.6 Å². The SMILES string of the molecule is CC(=O)c1ccc(NC(=O)c2cccc(C(=O)NCc3ccccc3F)c2)cc1. The van der Waals surface area contributed by atoms with Crippen LogP contribution in [0.15, 0.2) is 72.8 Å². The predicted octanol–water partition coefficient (Wildman–Crippen LogP) is 4.21. The molecular weight excluding hydrogens is 371 g/mol. The Morgan fingerprint density at radius 1 is 0.793 bits per heavy atom. The molecule has 0 aliphatic heterocycles. The zero-order valence-corrected chi connectivity index (χ0v) is 15.7. The van der Waals surface area contributed by atoms with E-state index in [0.717, 1.165) is 0 Å². The van der Waals surface area contributed by atoms with Gasteiger partial charge >= 0.3 is 0 Å². The maximum Gasteiger partial charge on any atom is 0.255 e. The van der Waals surface area contributed by atoms with Gasteiger partial charge in [0.2, 0.25) is 0 Å². The highest BCUT2D eigenvalue weighted by Gasteiger charge is 2.12. The Morgan fingerprint density at radius 2 is 1.45 bits per heavy atom. The van der Waals surface area contributed by atoms with E-state index in [9.17, 15) is 18.8 Å². The summed E-state index contributed by atoms with van der Waals surface area (Å²) in [5.74, 6) is -1.24. The minimum atomic E-state index is -0.409. The normalized spacial score (nSPS) is 10.3. The van der Waals surface area contributed by atoms with Gasteiger partial charge in [-0.15, -0.1) is 0 Å². The number of Topliss-reactive ketones (excluding diaryl/α,β-unsaturated/α-hetero) is 1. The molecule has 0 fully saturated rings. The molecule has 3 aromatic rings. The monoisotopic (exact) mass is 390 g/mol. The molecule has 0 heterocycles. The van der Waals surface area contributed by atoms with Crippen molar-refractivity contribution >= 4 is 23.3 Å². The summed E-state index contributed by atoms with van der Waals surface area (Å²) in [6, 6.07) is 19.0. The Morgan fingerprint density at radius 3 is 2.10 bits per heavy atom. The second-order valence-corrected chi connectivity index (χ2v) is 6.44. The Bertz CT molecular complexity index is 1060. The molecule has 5 nitrogen and oxygen atoms in total. The number of ketones is 1. The van der Waals surface area contributed by atoms with Crippen LogP contribution in [0.25, 0.3) is 0 Å². The molecule has 0 spiro atoms. The van der Waals surface area contributed by atoms with E-state index in [-0.39, 0.29) is 18.2 Å². The van der Waals surface area contributed by atoms with Crippen LogP contribution in [0.5, 0.6) is 0 Å². The van der Waals surface area contributed by atoms with Crippen molar-refractivity contribution in [3.05, 3.63) is 101 Å². The zero-order chi connectivity index (χ0) is 20.8. The fraction of sp³-hybridized carbons (Fsp3) is 0.0870. The summed E-state index contributed by atoms with van der Waals surface area (Å²) in [7, 11) is 0. The summed E-state index contributed by atoms with van der Waals surface area (Å²) in [6.07, 6.45) is 0. The number of hydrogen-bond acceptors (Lipinski definition) is 3. The maximum absolute atomic E-state index is 13.7. The van der Waals surface area contributed by atoms with Crippen molar-refractivity contribution in [2.45, 2.75) is 13.5 Å². The van der Waals surface area contributed by atoms with Crippen LogP contribution < -0.4 is 10.6 Å². The molecule has 2 N–H and O–H groups in total. The van der Waals surface area contributed by atoms with Crippen molar-refractivity contribution in [2.75, 3.05) is 5.32 Å². The minimum absolute atomic E-state index is 0.0461. The summed E-state index contributed by atoms with van der Waals surface area (Å²) in [6.45, 7) is 1.51. The molecule has 3 rings (SSSR count). The number of anilines is 1. The molecule has 29 heavy (non-hydrogen) atoms. The highest BCUT2D eigenvalue weighted by atomic mass is 19.1. The lowest BCUT2D eigenvalue weighted by Crippen LogP contribution is -2.24. The van der Waals surface area contributed by atoms with Gasteiger partial charge in [0.25, 0.3) is 11.8 Å². The van der Waals surface area contributed by atoms with E-state index >= 15 is 0 Å². The number of amides is 2. The van der Waals surface area contributed by atoms with Crippen LogP contribution in [0.4, 0.5) is 10.1 Å². The first kappa shape index (κ1) is 19.9. The third-order valence-corrected chi connectivity index (χ3v) is 4.33. The van der Waals surface area contributed by atoms with E-state index in [2.05, 4.69) is 10.6 Å². The third kappa shape index (κ3) is 5.13. The van der Waals surface area contributed by atoms with Crippen LogP contribution in [-0.2, 0) is 6.54 Å². The largest absolute Gasteiger partial charge is 0.348 e. The number of rotatable bonds is 6. The van der Waals surface area contributed by atoms with Crippen molar-refractivity contribution in [1.82, 2.24) is 5.32 Å². The van der Waals surface area contributed by atoms with E-state index in [1.54, 1.807) is 60.7 Å². The molecule has 0 unspecified atom stereocenters. The Hall–Kier alpha value is -3.80. The molecule has 6 heteroatoms. The first-order valence-corrected chi connectivity index (χ1v) is 8.98. The van der Waals surface area contributed by atoms with Gasteiger partial charge in [-0.05, 0) is 55.5 Å². The van der Waals surface area contributed by atoms with Crippen molar-refractivity contribution in [1.29, 1.82) is 0 Å². The molecule has 146 valence electrons. The highest BCUT2D eigenvalue weighted by molar-refractivity contribution is 6.06. The van der Waals surface area contributed by atoms with Crippen molar-refractivity contribution in [3.8, 4) is 0 Å². The second-order valence-electron chi connectivity index (χ2n) is 6.44. The molecular formula is C23H19FN2O3. The Labute approximate surface area is 167 Å². The number of halogens is 1. The van der Waals surface area contributed by atoms with E-state index in [4.69, 9.17) is 0 Å². The van der Waals surface area contributed by atoms with E-state index < -0.39 is 11.7 Å². The average molecular weight is 390 g/mol. The lowest BCUT2D eigenvalue weighted by Gasteiger charge is -2.09. The summed E-state index contributed by atoms with van der Waals surface area (Å²) < 4.78 is 13.7. The highest BCUT2D eigenvalue weighted by Crippen LogP contribution is 2.13. The van der Waals surface area contributed by atoms with Crippen molar-refractivity contribution in [2.24, 2.45) is 0 Å². The fourth-order valence-corrected chi connectivity index (χ4v) is 2.71. The van der Waals surface area contributed by atoms with Crippen LogP contribution in [0.3, 0.4) is 0 Å². The number of nitrogens with one attached hydrogen (secondary N) is 2. The molecule has 0 radical (unpaired) electrons. The number of carbonyl (C=O) groups excluding carboxylic acids is 3. The maximum atomic E-state index is 13.7. The van der Waals surface area contributed by atoms with Gasteiger partial charge in [-0.25, -0.2) is 4.39 Å².